The number of carbonyl (C=O) groups is 2. The predicted octanol–water partition coefficient (Wildman–Crippen LogP) is 2.71. The molecule has 0 bridgehead atoms. The minimum Gasteiger partial charge on any atom is -0.469 e. The second-order valence-electron chi connectivity index (χ2n) is 6.78. The number of nitrogens with one attached hydrogen (secondary N) is 1. The standard InChI is InChI=1S/C16H20F3N2O7P/c1-15(2)9-26-29(24,27-10-4-5-11(21-8-10)16(17,18)19)28-13(15)14(23)20-7-6-12(22)25-3/h4-5,8,13H,6-7,9H2,1-3H3,(H,20,23)/t13-,29?/m0/s1. The third-order valence-electron chi connectivity index (χ3n) is 3.88. The first-order valence-electron chi connectivity index (χ1n) is 8.37. The lowest BCUT2D eigenvalue weighted by Crippen LogP contribution is -2.50. The van der Waals surface area contributed by atoms with Crippen molar-refractivity contribution in [2.45, 2.75) is 32.5 Å². The van der Waals surface area contributed by atoms with Gasteiger partial charge in [0.15, 0.2) is 6.10 Å². The minimum atomic E-state index is -4.64. The minimum absolute atomic E-state index is 0.0315. The molecular formula is C16H20F3N2O7P. The summed E-state index contributed by atoms with van der Waals surface area (Å²) in [6.07, 6.45) is -5.25. The van der Waals surface area contributed by atoms with Gasteiger partial charge in [-0.15, -0.1) is 0 Å². The Morgan fingerprint density at radius 2 is 2.07 bits per heavy atom. The van der Waals surface area contributed by atoms with Crippen LogP contribution in [-0.4, -0.2) is 43.2 Å². The van der Waals surface area contributed by atoms with Gasteiger partial charge in [-0.2, -0.15) is 13.2 Å². The van der Waals surface area contributed by atoms with Crippen molar-refractivity contribution in [3.8, 4) is 5.75 Å². The molecule has 1 fully saturated rings. The van der Waals surface area contributed by atoms with Gasteiger partial charge in [0.2, 0.25) is 0 Å². The van der Waals surface area contributed by atoms with Gasteiger partial charge in [-0.3, -0.25) is 18.6 Å². The number of carbonyl (C=O) groups excluding carboxylic acids is 2. The van der Waals surface area contributed by atoms with Crippen LogP contribution in [0.4, 0.5) is 13.2 Å². The molecule has 1 amide bonds. The van der Waals surface area contributed by atoms with Gasteiger partial charge in [0.25, 0.3) is 5.91 Å². The van der Waals surface area contributed by atoms with Crippen LogP contribution in [0.5, 0.6) is 5.75 Å². The van der Waals surface area contributed by atoms with Crippen molar-refractivity contribution in [1.82, 2.24) is 10.3 Å². The zero-order chi connectivity index (χ0) is 21.9. The molecule has 1 unspecified atom stereocenters. The van der Waals surface area contributed by atoms with Gasteiger partial charge in [-0.25, -0.2) is 9.55 Å². The molecule has 1 aromatic rings. The monoisotopic (exact) mass is 440 g/mol. The van der Waals surface area contributed by atoms with Crippen molar-refractivity contribution in [3.63, 3.8) is 0 Å². The first kappa shape index (κ1) is 23.1. The van der Waals surface area contributed by atoms with Crippen LogP contribution < -0.4 is 9.84 Å². The summed E-state index contributed by atoms with van der Waals surface area (Å²) in [5.41, 5.74) is -2.05. The van der Waals surface area contributed by atoms with Crippen molar-refractivity contribution in [3.05, 3.63) is 24.0 Å². The van der Waals surface area contributed by atoms with Crippen molar-refractivity contribution in [1.29, 1.82) is 0 Å². The van der Waals surface area contributed by atoms with Crippen molar-refractivity contribution < 1.29 is 45.6 Å². The molecule has 9 nitrogen and oxygen atoms in total. The highest BCUT2D eigenvalue weighted by atomic mass is 31.2. The van der Waals surface area contributed by atoms with E-state index < -0.39 is 43.1 Å². The Labute approximate surface area is 164 Å². The zero-order valence-electron chi connectivity index (χ0n) is 15.8. The predicted molar refractivity (Wildman–Crippen MR) is 91.7 cm³/mol. The van der Waals surface area contributed by atoms with Crippen molar-refractivity contribution in [2.75, 3.05) is 20.3 Å². The number of methoxy groups -OCH3 is 1. The van der Waals surface area contributed by atoms with Gasteiger partial charge in [0.05, 0.1) is 26.3 Å². The normalized spacial score (nSPS) is 23.9. The first-order valence-corrected chi connectivity index (χ1v) is 9.83. The topological polar surface area (TPSA) is 113 Å². The number of nitrogens with zero attached hydrogens (tertiary/aromatic N) is 1. The molecule has 13 heteroatoms. The summed E-state index contributed by atoms with van der Waals surface area (Å²) in [6.45, 7) is 3.03. The maximum Gasteiger partial charge on any atom is 0.530 e. The highest BCUT2D eigenvalue weighted by Crippen LogP contribution is 2.56. The summed E-state index contributed by atoms with van der Waals surface area (Å²) in [5.74, 6) is -1.47. The van der Waals surface area contributed by atoms with Gasteiger partial charge < -0.3 is 14.6 Å². The molecule has 0 aliphatic carbocycles. The van der Waals surface area contributed by atoms with Gasteiger partial charge in [0, 0.05) is 12.0 Å². The lowest BCUT2D eigenvalue weighted by Gasteiger charge is -2.39. The number of phosphoric acid groups is 1. The quantitative estimate of drug-likeness (QED) is 0.531. The van der Waals surface area contributed by atoms with E-state index >= 15 is 0 Å². The molecule has 1 N–H and O–H groups in total. The van der Waals surface area contributed by atoms with Gasteiger partial charge in [-0.1, -0.05) is 13.8 Å². The van der Waals surface area contributed by atoms with Crippen LogP contribution in [0.25, 0.3) is 0 Å². The Bertz CT molecular complexity index is 799. The summed E-state index contributed by atoms with van der Waals surface area (Å²) < 4.78 is 70.4. The highest BCUT2D eigenvalue weighted by molar-refractivity contribution is 7.49. The van der Waals surface area contributed by atoms with E-state index in [1.807, 2.05) is 0 Å². The van der Waals surface area contributed by atoms with E-state index in [-0.39, 0.29) is 25.3 Å². The average Bonchev–Trinajstić information content (AvgIpc) is 2.63. The molecule has 162 valence electrons. The smallest absolute Gasteiger partial charge is 0.469 e. The number of amides is 1. The first-order chi connectivity index (χ1) is 13.4. The average molecular weight is 440 g/mol. The van der Waals surface area contributed by atoms with E-state index in [1.54, 1.807) is 13.8 Å². The Morgan fingerprint density at radius 1 is 1.38 bits per heavy atom. The third-order valence-corrected chi connectivity index (χ3v) is 5.23. The summed E-state index contributed by atoms with van der Waals surface area (Å²) in [7, 11) is -3.10. The van der Waals surface area contributed by atoms with Crippen LogP contribution in [0.2, 0.25) is 0 Å². The number of alkyl halides is 3. The van der Waals surface area contributed by atoms with Gasteiger partial charge >= 0.3 is 20.0 Å². The molecule has 0 aromatic carbocycles. The van der Waals surface area contributed by atoms with Gasteiger partial charge in [0.1, 0.15) is 11.4 Å². The SMILES string of the molecule is COC(=O)CCNC(=O)[C@@H]1OP(=O)(Oc2ccc(C(F)(F)F)nc2)OCC1(C)C. The molecule has 2 atom stereocenters. The fourth-order valence-electron chi connectivity index (χ4n) is 2.29. The molecule has 2 rings (SSSR count). The Kier molecular flexibility index (Phi) is 6.92. The fraction of sp³-hybridized carbons (Fsp3) is 0.562. The lowest BCUT2D eigenvalue weighted by molar-refractivity contribution is -0.143. The van der Waals surface area contributed by atoms with Crippen LogP contribution in [-0.2, 0) is 34.1 Å². The molecule has 1 aromatic heterocycles. The molecule has 1 aliphatic rings. The highest BCUT2D eigenvalue weighted by Gasteiger charge is 2.50. The van der Waals surface area contributed by atoms with Crippen LogP contribution >= 0.6 is 7.82 Å². The number of aromatic nitrogens is 1. The molecule has 0 spiro atoms. The molecule has 29 heavy (non-hydrogen) atoms. The van der Waals surface area contributed by atoms with Crippen LogP contribution in [0.15, 0.2) is 18.3 Å². The van der Waals surface area contributed by atoms with Crippen LogP contribution in [0.3, 0.4) is 0 Å². The van der Waals surface area contributed by atoms with Crippen LogP contribution in [0, 0.1) is 5.41 Å². The zero-order valence-corrected chi connectivity index (χ0v) is 16.7. The molecular weight excluding hydrogens is 420 g/mol. The third kappa shape index (κ3) is 6.15. The van der Waals surface area contributed by atoms with E-state index in [0.29, 0.717) is 6.07 Å². The molecule has 1 aliphatic heterocycles. The number of rotatable bonds is 6. The molecule has 1 saturated heterocycles. The Morgan fingerprint density at radius 3 is 2.62 bits per heavy atom. The molecule has 0 radical (unpaired) electrons. The molecule has 2 heterocycles. The van der Waals surface area contributed by atoms with E-state index in [4.69, 9.17) is 13.6 Å². The number of ether oxygens (including phenoxy) is 1. The maximum absolute atomic E-state index is 12.7. The van der Waals surface area contributed by atoms with E-state index in [0.717, 1.165) is 12.3 Å². The number of pyridine rings is 1. The summed E-state index contributed by atoms with van der Waals surface area (Å²) in [5, 5.41) is 2.46. The number of halogens is 3. The summed E-state index contributed by atoms with van der Waals surface area (Å²) in [4.78, 5) is 26.7. The number of hydrogen-bond acceptors (Lipinski definition) is 8. The molecule has 0 saturated carbocycles. The van der Waals surface area contributed by atoms with Gasteiger partial charge in [-0.05, 0) is 12.1 Å². The number of hydrogen-bond donors (Lipinski definition) is 1. The largest absolute Gasteiger partial charge is 0.530 e. The van der Waals surface area contributed by atoms with Crippen molar-refractivity contribution >= 4 is 19.7 Å². The Hall–Kier alpha value is -2.17. The second kappa shape index (κ2) is 8.68. The van der Waals surface area contributed by atoms with E-state index in [1.165, 1.54) is 7.11 Å². The van der Waals surface area contributed by atoms with Crippen molar-refractivity contribution in [2.24, 2.45) is 5.41 Å². The van der Waals surface area contributed by atoms with Crippen LogP contribution in [0.1, 0.15) is 26.0 Å². The Balaban J connectivity index is 2.07. The lowest BCUT2D eigenvalue weighted by atomic mass is 9.87. The maximum atomic E-state index is 12.7. The van der Waals surface area contributed by atoms with E-state index in [2.05, 4.69) is 15.0 Å². The number of esters is 1. The number of phosphoric ester groups is 1. The van der Waals surface area contributed by atoms with E-state index in [9.17, 15) is 27.3 Å². The summed E-state index contributed by atoms with van der Waals surface area (Å²) >= 11 is 0. The second-order valence-corrected chi connectivity index (χ2v) is 8.33. The summed E-state index contributed by atoms with van der Waals surface area (Å²) in [6, 6.07) is 1.56. The fourth-order valence-corrected chi connectivity index (χ4v) is 3.94.